The Labute approximate surface area is 98.5 Å². The average Bonchev–Trinajstić information content (AvgIpc) is 2.26. The molecule has 1 atom stereocenters. The van der Waals surface area contributed by atoms with E-state index in [1.165, 1.54) is 0 Å². The highest BCUT2D eigenvalue weighted by molar-refractivity contribution is 4.68. The molecule has 0 aromatic rings. The largest absolute Gasteiger partial charge is 0.396 e. The Kier molecular flexibility index (Phi) is 11.1. The van der Waals surface area contributed by atoms with Crippen molar-refractivity contribution < 1.29 is 14.6 Å². The molecule has 0 bridgehead atoms. The van der Waals surface area contributed by atoms with Crippen LogP contribution in [0.3, 0.4) is 0 Å². The Morgan fingerprint density at radius 2 is 1.88 bits per heavy atom. The van der Waals surface area contributed by atoms with Crippen LogP contribution >= 0.6 is 0 Å². The molecular formula is C11H26N2O3. The summed E-state index contributed by atoms with van der Waals surface area (Å²) in [5.74, 6) is 0. The number of ether oxygens (including phenoxy) is 2. The van der Waals surface area contributed by atoms with E-state index in [1.54, 1.807) is 14.2 Å². The van der Waals surface area contributed by atoms with Gasteiger partial charge >= 0.3 is 0 Å². The maximum atomic E-state index is 8.80. The highest BCUT2D eigenvalue weighted by atomic mass is 16.5. The summed E-state index contributed by atoms with van der Waals surface area (Å²) in [6.07, 6.45) is 1.64. The number of nitrogens with two attached hydrogens (primary N) is 1. The SMILES string of the molecule is COCCCN(CCOC)CC(N)CCO. The number of nitrogens with zero attached hydrogens (tertiary/aromatic N) is 1. The molecule has 0 aromatic heterocycles. The van der Waals surface area contributed by atoms with Gasteiger partial charge in [-0.3, -0.25) is 4.90 Å². The summed E-state index contributed by atoms with van der Waals surface area (Å²) in [5.41, 5.74) is 5.89. The predicted octanol–water partition coefficient (Wildman–Crippen LogP) is -0.319. The van der Waals surface area contributed by atoms with Gasteiger partial charge in [-0.05, 0) is 12.8 Å². The summed E-state index contributed by atoms with van der Waals surface area (Å²) in [6.45, 7) is 4.25. The van der Waals surface area contributed by atoms with Gasteiger partial charge < -0.3 is 20.3 Å². The Bertz CT molecular complexity index is 147. The summed E-state index contributed by atoms with van der Waals surface area (Å²) in [5, 5.41) is 8.80. The van der Waals surface area contributed by atoms with Crippen LogP contribution in [0.15, 0.2) is 0 Å². The first-order valence-electron chi connectivity index (χ1n) is 5.81. The van der Waals surface area contributed by atoms with E-state index < -0.39 is 0 Å². The Morgan fingerprint density at radius 3 is 2.44 bits per heavy atom. The van der Waals surface area contributed by atoms with Gasteiger partial charge in [-0.15, -0.1) is 0 Å². The zero-order valence-electron chi connectivity index (χ0n) is 10.5. The molecular weight excluding hydrogens is 208 g/mol. The number of aliphatic hydroxyl groups is 1. The fourth-order valence-electron chi connectivity index (χ4n) is 1.54. The highest BCUT2D eigenvalue weighted by Crippen LogP contribution is 1.97. The van der Waals surface area contributed by atoms with Gasteiger partial charge in [0, 0.05) is 53.1 Å². The molecule has 0 aromatic carbocycles. The van der Waals surface area contributed by atoms with E-state index in [1.807, 2.05) is 0 Å². The molecule has 1 unspecified atom stereocenters. The second-order valence-electron chi connectivity index (χ2n) is 3.91. The van der Waals surface area contributed by atoms with Gasteiger partial charge in [-0.2, -0.15) is 0 Å². The topological polar surface area (TPSA) is 68.0 Å². The van der Waals surface area contributed by atoms with E-state index in [0.717, 1.165) is 32.7 Å². The molecule has 0 fully saturated rings. The minimum absolute atomic E-state index is 0.0319. The van der Waals surface area contributed by atoms with Gasteiger partial charge in [0.2, 0.25) is 0 Å². The van der Waals surface area contributed by atoms with Crippen molar-refractivity contribution in [2.45, 2.75) is 18.9 Å². The lowest BCUT2D eigenvalue weighted by molar-refractivity contribution is 0.126. The molecule has 5 heteroatoms. The zero-order valence-corrected chi connectivity index (χ0v) is 10.5. The summed E-state index contributed by atoms with van der Waals surface area (Å²) in [7, 11) is 3.40. The lowest BCUT2D eigenvalue weighted by atomic mass is 10.2. The molecule has 0 aliphatic rings. The minimum atomic E-state index is 0.0319. The molecule has 3 N–H and O–H groups in total. The predicted molar refractivity (Wildman–Crippen MR) is 64.5 cm³/mol. The van der Waals surface area contributed by atoms with E-state index in [9.17, 15) is 0 Å². The van der Waals surface area contributed by atoms with Crippen molar-refractivity contribution in [3.8, 4) is 0 Å². The smallest absolute Gasteiger partial charge is 0.0589 e. The van der Waals surface area contributed by atoms with Crippen LogP contribution in [0.2, 0.25) is 0 Å². The molecule has 0 spiro atoms. The summed E-state index contributed by atoms with van der Waals surface area (Å²) >= 11 is 0. The summed E-state index contributed by atoms with van der Waals surface area (Å²) < 4.78 is 10.1. The van der Waals surface area contributed by atoms with Crippen LogP contribution in [0.25, 0.3) is 0 Å². The zero-order chi connectivity index (χ0) is 12.2. The molecule has 16 heavy (non-hydrogen) atoms. The molecule has 0 amide bonds. The van der Waals surface area contributed by atoms with Gasteiger partial charge in [-0.25, -0.2) is 0 Å². The number of hydrogen-bond donors (Lipinski definition) is 2. The van der Waals surface area contributed by atoms with Crippen molar-refractivity contribution in [3.63, 3.8) is 0 Å². The number of rotatable bonds is 11. The monoisotopic (exact) mass is 234 g/mol. The highest BCUT2D eigenvalue weighted by Gasteiger charge is 2.09. The lowest BCUT2D eigenvalue weighted by Gasteiger charge is -2.25. The summed E-state index contributed by atoms with van der Waals surface area (Å²) in [6, 6.07) is 0.0319. The maximum Gasteiger partial charge on any atom is 0.0589 e. The fraction of sp³-hybridized carbons (Fsp3) is 1.00. The first-order chi connectivity index (χ1) is 7.74. The van der Waals surface area contributed by atoms with Crippen LogP contribution in [0, 0.1) is 0 Å². The Balaban J connectivity index is 3.78. The van der Waals surface area contributed by atoms with E-state index in [-0.39, 0.29) is 12.6 Å². The van der Waals surface area contributed by atoms with Crippen molar-refractivity contribution in [2.75, 3.05) is 53.7 Å². The van der Waals surface area contributed by atoms with E-state index in [0.29, 0.717) is 13.0 Å². The minimum Gasteiger partial charge on any atom is -0.396 e. The standard InChI is InChI=1S/C11H26N2O3/c1-15-8-3-5-13(6-9-16-2)10-11(12)4-7-14/h11,14H,3-10,12H2,1-2H3. The van der Waals surface area contributed by atoms with E-state index in [4.69, 9.17) is 20.3 Å². The van der Waals surface area contributed by atoms with Crippen molar-refractivity contribution in [3.05, 3.63) is 0 Å². The van der Waals surface area contributed by atoms with Crippen molar-refractivity contribution in [2.24, 2.45) is 5.73 Å². The molecule has 0 aliphatic carbocycles. The molecule has 0 heterocycles. The third-order valence-corrected chi connectivity index (χ3v) is 2.43. The first-order valence-corrected chi connectivity index (χ1v) is 5.81. The Morgan fingerprint density at radius 1 is 1.19 bits per heavy atom. The molecule has 5 nitrogen and oxygen atoms in total. The second kappa shape index (κ2) is 11.3. The number of hydrogen-bond acceptors (Lipinski definition) is 5. The van der Waals surface area contributed by atoms with Crippen LogP contribution in [0.5, 0.6) is 0 Å². The van der Waals surface area contributed by atoms with Gasteiger partial charge in [0.25, 0.3) is 0 Å². The second-order valence-corrected chi connectivity index (χ2v) is 3.91. The van der Waals surface area contributed by atoms with Gasteiger partial charge in [0.05, 0.1) is 6.61 Å². The van der Waals surface area contributed by atoms with Crippen LogP contribution in [0.4, 0.5) is 0 Å². The third kappa shape index (κ3) is 9.06. The van der Waals surface area contributed by atoms with Crippen molar-refractivity contribution in [1.29, 1.82) is 0 Å². The molecule has 0 saturated carbocycles. The molecule has 98 valence electrons. The van der Waals surface area contributed by atoms with Gasteiger partial charge in [-0.1, -0.05) is 0 Å². The number of aliphatic hydroxyl groups excluding tert-OH is 1. The third-order valence-electron chi connectivity index (χ3n) is 2.43. The van der Waals surface area contributed by atoms with Gasteiger partial charge in [0.15, 0.2) is 0 Å². The van der Waals surface area contributed by atoms with Crippen LogP contribution in [-0.4, -0.2) is 69.7 Å². The quantitative estimate of drug-likeness (QED) is 0.480. The number of methoxy groups -OCH3 is 2. The van der Waals surface area contributed by atoms with Gasteiger partial charge in [0.1, 0.15) is 0 Å². The van der Waals surface area contributed by atoms with E-state index in [2.05, 4.69) is 4.90 Å². The van der Waals surface area contributed by atoms with Crippen LogP contribution < -0.4 is 5.73 Å². The van der Waals surface area contributed by atoms with E-state index >= 15 is 0 Å². The summed E-state index contributed by atoms with van der Waals surface area (Å²) in [4.78, 5) is 2.25. The fourth-order valence-corrected chi connectivity index (χ4v) is 1.54. The molecule has 0 rings (SSSR count). The lowest BCUT2D eigenvalue weighted by Crippen LogP contribution is -2.40. The maximum absolute atomic E-state index is 8.80. The van der Waals surface area contributed by atoms with Crippen molar-refractivity contribution in [1.82, 2.24) is 4.90 Å². The molecule has 0 radical (unpaired) electrons. The van der Waals surface area contributed by atoms with Crippen LogP contribution in [-0.2, 0) is 9.47 Å². The molecule has 0 saturated heterocycles. The first kappa shape index (κ1) is 15.8. The van der Waals surface area contributed by atoms with Crippen molar-refractivity contribution >= 4 is 0 Å². The normalized spacial score (nSPS) is 13.3. The van der Waals surface area contributed by atoms with Crippen LogP contribution in [0.1, 0.15) is 12.8 Å². The average molecular weight is 234 g/mol. The Hall–Kier alpha value is -0.200. The molecule has 0 aliphatic heterocycles.